The van der Waals surface area contributed by atoms with E-state index in [1.54, 1.807) is 0 Å². The number of rotatable bonds is 2. The Morgan fingerprint density at radius 2 is 1.85 bits per heavy atom. The Hall–Kier alpha value is -1.51. The molecule has 0 atom stereocenters. The van der Waals surface area contributed by atoms with Gasteiger partial charge in [-0.3, -0.25) is 0 Å². The summed E-state index contributed by atoms with van der Waals surface area (Å²) in [6, 6.07) is 14.3. The molecule has 0 radical (unpaired) electrons. The minimum Gasteiger partial charge on any atom is -0.392 e. The molecule has 1 aliphatic rings. The molecule has 1 aliphatic heterocycles. The molecule has 0 bridgehead atoms. The third-order valence-electron chi connectivity index (χ3n) is 3.91. The van der Waals surface area contributed by atoms with E-state index in [0.29, 0.717) is 0 Å². The van der Waals surface area contributed by atoms with E-state index >= 15 is 0 Å². The second-order valence-corrected chi connectivity index (χ2v) is 5.61. The van der Waals surface area contributed by atoms with Crippen molar-refractivity contribution in [2.45, 2.75) is 26.0 Å². The van der Waals surface area contributed by atoms with E-state index < -0.39 is 0 Å². The van der Waals surface area contributed by atoms with Gasteiger partial charge in [0.2, 0.25) is 0 Å². The smallest absolute Gasteiger partial charge is 0.0702 e. The molecule has 0 unspecified atom stereocenters. The van der Waals surface area contributed by atoms with Crippen LogP contribution >= 0.6 is 11.6 Å². The first-order chi connectivity index (χ1) is 9.79. The molecule has 0 saturated heterocycles. The molecule has 20 heavy (non-hydrogen) atoms. The Bertz CT molecular complexity index is 612. The van der Waals surface area contributed by atoms with Gasteiger partial charge in [0, 0.05) is 18.7 Å². The summed E-state index contributed by atoms with van der Waals surface area (Å²) in [5.74, 6) is 0. The second kappa shape index (κ2) is 5.86. The quantitative estimate of drug-likeness (QED) is 0.908. The van der Waals surface area contributed by atoms with E-state index in [1.165, 1.54) is 11.1 Å². The summed E-state index contributed by atoms with van der Waals surface area (Å²) in [7, 11) is 0. The average molecular weight is 288 g/mol. The third-order valence-corrected chi connectivity index (χ3v) is 4.22. The zero-order valence-electron chi connectivity index (χ0n) is 11.3. The number of aryl methyl sites for hydroxylation is 1. The Morgan fingerprint density at radius 3 is 2.65 bits per heavy atom. The fourth-order valence-corrected chi connectivity index (χ4v) is 3.25. The maximum atomic E-state index is 9.55. The molecule has 3 rings (SSSR count). The van der Waals surface area contributed by atoms with Crippen LogP contribution in [0.15, 0.2) is 42.5 Å². The highest BCUT2D eigenvalue weighted by Crippen LogP contribution is 2.33. The van der Waals surface area contributed by atoms with Gasteiger partial charge in [-0.05, 0) is 30.0 Å². The van der Waals surface area contributed by atoms with Crippen molar-refractivity contribution in [1.29, 1.82) is 0 Å². The molecule has 0 spiro atoms. The van der Waals surface area contributed by atoms with Gasteiger partial charge in [-0.2, -0.15) is 0 Å². The molecule has 0 fully saturated rings. The van der Waals surface area contributed by atoms with Crippen molar-refractivity contribution in [3.63, 3.8) is 0 Å². The van der Waals surface area contributed by atoms with Crippen LogP contribution in [0.5, 0.6) is 0 Å². The van der Waals surface area contributed by atoms with Gasteiger partial charge >= 0.3 is 0 Å². The maximum absolute atomic E-state index is 9.55. The van der Waals surface area contributed by atoms with E-state index in [2.05, 4.69) is 29.2 Å². The fourth-order valence-electron chi connectivity index (χ4n) is 2.93. The first-order valence-electron chi connectivity index (χ1n) is 6.99. The normalized spacial score (nSPS) is 14.8. The maximum Gasteiger partial charge on any atom is 0.0702 e. The average Bonchev–Trinajstić information content (AvgIpc) is 2.68. The van der Waals surface area contributed by atoms with Gasteiger partial charge in [-0.15, -0.1) is 0 Å². The van der Waals surface area contributed by atoms with Crippen LogP contribution in [0.2, 0.25) is 5.02 Å². The number of fused-ring (bicyclic) bond motifs is 1. The fraction of sp³-hybridized carbons (Fsp3) is 0.294. The molecule has 104 valence electrons. The highest BCUT2D eigenvalue weighted by molar-refractivity contribution is 6.33. The van der Waals surface area contributed by atoms with Crippen LogP contribution in [-0.4, -0.2) is 11.7 Å². The summed E-state index contributed by atoms with van der Waals surface area (Å²) < 4.78 is 0. The number of hydrogen-bond donors (Lipinski definition) is 1. The second-order valence-electron chi connectivity index (χ2n) is 5.20. The molecule has 2 aromatic rings. The van der Waals surface area contributed by atoms with E-state index in [0.717, 1.165) is 42.2 Å². The number of para-hydroxylation sites is 1. The van der Waals surface area contributed by atoms with Gasteiger partial charge < -0.3 is 10.0 Å². The number of nitrogens with zero attached hydrogens (tertiary/aromatic N) is 1. The minimum absolute atomic E-state index is 0.0219. The minimum atomic E-state index is 0.0219. The lowest BCUT2D eigenvalue weighted by atomic mass is 10.0. The molecular formula is C17H18ClNO. The Balaban J connectivity index is 2.00. The summed E-state index contributed by atoms with van der Waals surface area (Å²) in [5.41, 5.74) is 4.66. The highest BCUT2D eigenvalue weighted by Gasteiger charge is 2.18. The number of hydrogen-bond acceptors (Lipinski definition) is 2. The molecule has 1 heterocycles. The number of aliphatic hydroxyl groups excluding tert-OH is 1. The van der Waals surface area contributed by atoms with Crippen molar-refractivity contribution in [1.82, 2.24) is 0 Å². The molecule has 3 heteroatoms. The topological polar surface area (TPSA) is 23.5 Å². The Labute approximate surface area is 124 Å². The number of halogens is 1. The van der Waals surface area contributed by atoms with Gasteiger partial charge in [-0.1, -0.05) is 48.0 Å². The first kappa shape index (κ1) is 13.5. The lowest BCUT2D eigenvalue weighted by Gasteiger charge is -2.26. The van der Waals surface area contributed by atoms with Crippen LogP contribution in [0.1, 0.15) is 23.1 Å². The van der Waals surface area contributed by atoms with Crippen molar-refractivity contribution in [3.8, 4) is 0 Å². The number of aliphatic hydroxyl groups is 1. The van der Waals surface area contributed by atoms with Crippen LogP contribution in [0.25, 0.3) is 0 Å². The van der Waals surface area contributed by atoms with Crippen molar-refractivity contribution < 1.29 is 5.11 Å². The predicted molar refractivity (Wildman–Crippen MR) is 83.2 cm³/mol. The van der Waals surface area contributed by atoms with E-state index in [9.17, 15) is 5.11 Å². The largest absolute Gasteiger partial charge is 0.392 e. The summed E-state index contributed by atoms with van der Waals surface area (Å²) in [6.45, 7) is 1.84. The molecule has 2 nitrogen and oxygen atoms in total. The zero-order chi connectivity index (χ0) is 13.9. The summed E-state index contributed by atoms with van der Waals surface area (Å²) >= 11 is 6.37. The van der Waals surface area contributed by atoms with E-state index in [-0.39, 0.29) is 6.61 Å². The molecule has 0 saturated carbocycles. The van der Waals surface area contributed by atoms with Crippen LogP contribution in [0, 0.1) is 0 Å². The van der Waals surface area contributed by atoms with Crippen LogP contribution < -0.4 is 4.90 Å². The monoisotopic (exact) mass is 287 g/mol. The van der Waals surface area contributed by atoms with Crippen molar-refractivity contribution in [3.05, 3.63) is 64.2 Å². The lowest BCUT2D eigenvalue weighted by molar-refractivity contribution is 0.282. The van der Waals surface area contributed by atoms with Crippen LogP contribution in [-0.2, 0) is 19.6 Å². The van der Waals surface area contributed by atoms with Crippen molar-refractivity contribution >= 4 is 17.3 Å². The van der Waals surface area contributed by atoms with Gasteiger partial charge in [-0.25, -0.2) is 0 Å². The van der Waals surface area contributed by atoms with Crippen LogP contribution in [0.3, 0.4) is 0 Å². The summed E-state index contributed by atoms with van der Waals surface area (Å²) in [5, 5.41) is 10.3. The number of benzene rings is 2. The Kier molecular flexibility index (Phi) is 3.95. The van der Waals surface area contributed by atoms with Crippen LogP contribution in [0.4, 0.5) is 5.69 Å². The third kappa shape index (κ3) is 2.54. The zero-order valence-corrected chi connectivity index (χ0v) is 12.1. The Morgan fingerprint density at radius 1 is 1.05 bits per heavy atom. The predicted octanol–water partition coefficient (Wildman–Crippen LogP) is 3.79. The lowest BCUT2D eigenvalue weighted by Crippen LogP contribution is -2.24. The van der Waals surface area contributed by atoms with Crippen molar-refractivity contribution in [2.24, 2.45) is 0 Å². The first-order valence-corrected chi connectivity index (χ1v) is 7.37. The highest BCUT2D eigenvalue weighted by atomic mass is 35.5. The molecule has 0 aliphatic carbocycles. The van der Waals surface area contributed by atoms with Gasteiger partial charge in [0.15, 0.2) is 0 Å². The molecule has 0 amide bonds. The molecular weight excluding hydrogens is 270 g/mol. The number of anilines is 1. The van der Waals surface area contributed by atoms with Gasteiger partial charge in [0.1, 0.15) is 0 Å². The standard InChI is InChI=1S/C17H18ClNO/c18-16-9-3-7-15(12-20)17(16)19-10-4-8-13-5-1-2-6-14(13)11-19/h1-3,5-7,9,20H,4,8,10-12H2. The molecule has 0 aromatic heterocycles. The summed E-state index contributed by atoms with van der Waals surface area (Å²) in [4.78, 5) is 2.29. The molecule has 1 N–H and O–H groups in total. The van der Waals surface area contributed by atoms with Gasteiger partial charge in [0.05, 0.1) is 17.3 Å². The summed E-state index contributed by atoms with van der Waals surface area (Å²) in [6.07, 6.45) is 2.21. The van der Waals surface area contributed by atoms with Gasteiger partial charge in [0.25, 0.3) is 0 Å². The van der Waals surface area contributed by atoms with E-state index in [1.807, 2.05) is 18.2 Å². The SMILES string of the molecule is OCc1cccc(Cl)c1N1CCCc2ccccc2C1. The molecule has 2 aromatic carbocycles. The van der Waals surface area contributed by atoms with E-state index in [4.69, 9.17) is 11.6 Å². The van der Waals surface area contributed by atoms with Crippen molar-refractivity contribution in [2.75, 3.05) is 11.4 Å².